The number of nitrogens with zero attached hydrogens (tertiary/aromatic N) is 1. The normalized spacial score (nSPS) is 29.6. The Kier molecular flexibility index (Phi) is 3.44. The number of carbonyl (C=O) groups is 2. The highest BCUT2D eigenvalue weighted by Gasteiger charge is 2.38. The molecule has 1 aromatic rings. The molecule has 5 heteroatoms. The van der Waals surface area contributed by atoms with Gasteiger partial charge < -0.3 is 16.0 Å². The first-order chi connectivity index (χ1) is 9.65. The largest absolute Gasteiger partial charge is 0.344 e. The monoisotopic (exact) mass is 273 g/mol. The molecule has 2 amide bonds. The number of rotatable bonds is 2. The zero-order valence-corrected chi connectivity index (χ0v) is 11.3. The minimum atomic E-state index is -0.357. The van der Waals surface area contributed by atoms with Gasteiger partial charge in [0, 0.05) is 31.5 Å². The van der Waals surface area contributed by atoms with Crippen LogP contribution < -0.4 is 11.1 Å². The van der Waals surface area contributed by atoms with E-state index in [1.165, 1.54) is 5.56 Å². The number of hydrogen-bond donors (Lipinski definition) is 2. The minimum absolute atomic E-state index is 0.00438. The third-order valence-electron chi connectivity index (χ3n) is 4.20. The summed E-state index contributed by atoms with van der Waals surface area (Å²) < 4.78 is 0. The third-order valence-corrected chi connectivity index (χ3v) is 4.20. The second-order valence-electron chi connectivity index (χ2n) is 5.58. The smallest absolute Gasteiger partial charge is 0.245 e. The van der Waals surface area contributed by atoms with Crippen molar-refractivity contribution >= 4 is 11.8 Å². The van der Waals surface area contributed by atoms with Gasteiger partial charge in [0.05, 0.1) is 0 Å². The van der Waals surface area contributed by atoms with E-state index in [1.807, 2.05) is 18.2 Å². The SMILES string of the molecule is N[C@@H]1CN(C(=O)[C@@H]2CCC(=O)N2)C[C@H]1c1ccccc1. The molecule has 3 atom stereocenters. The quantitative estimate of drug-likeness (QED) is 0.809. The molecule has 0 aliphatic carbocycles. The molecule has 2 aliphatic heterocycles. The Morgan fingerprint density at radius 3 is 2.65 bits per heavy atom. The van der Waals surface area contributed by atoms with Gasteiger partial charge in [-0.05, 0) is 12.0 Å². The summed E-state index contributed by atoms with van der Waals surface area (Å²) in [7, 11) is 0. The fraction of sp³-hybridized carbons (Fsp3) is 0.467. The summed E-state index contributed by atoms with van der Waals surface area (Å²) in [5.41, 5.74) is 7.36. The summed E-state index contributed by atoms with van der Waals surface area (Å²) in [6.45, 7) is 1.20. The number of likely N-dealkylation sites (tertiary alicyclic amines) is 1. The van der Waals surface area contributed by atoms with Crippen LogP contribution in [0, 0.1) is 0 Å². The predicted molar refractivity (Wildman–Crippen MR) is 74.9 cm³/mol. The molecule has 0 radical (unpaired) electrons. The lowest BCUT2D eigenvalue weighted by Gasteiger charge is -2.20. The maximum Gasteiger partial charge on any atom is 0.245 e. The van der Waals surface area contributed by atoms with Gasteiger partial charge in [-0.2, -0.15) is 0 Å². The zero-order valence-electron chi connectivity index (χ0n) is 11.3. The van der Waals surface area contributed by atoms with E-state index in [0.29, 0.717) is 25.9 Å². The van der Waals surface area contributed by atoms with Crippen LogP contribution in [-0.2, 0) is 9.59 Å². The minimum Gasteiger partial charge on any atom is -0.344 e. The molecule has 3 N–H and O–H groups in total. The third kappa shape index (κ3) is 2.41. The van der Waals surface area contributed by atoms with Gasteiger partial charge in [-0.15, -0.1) is 0 Å². The number of carbonyl (C=O) groups excluding carboxylic acids is 2. The van der Waals surface area contributed by atoms with E-state index >= 15 is 0 Å². The van der Waals surface area contributed by atoms with Gasteiger partial charge in [-0.1, -0.05) is 30.3 Å². The highest BCUT2D eigenvalue weighted by molar-refractivity contribution is 5.91. The van der Waals surface area contributed by atoms with Crippen LogP contribution in [0.5, 0.6) is 0 Å². The maximum absolute atomic E-state index is 12.4. The number of hydrogen-bond acceptors (Lipinski definition) is 3. The molecule has 2 aliphatic rings. The fourth-order valence-corrected chi connectivity index (χ4v) is 3.08. The van der Waals surface area contributed by atoms with Crippen LogP contribution in [-0.4, -0.2) is 41.9 Å². The molecule has 106 valence electrons. The molecular formula is C15H19N3O2. The van der Waals surface area contributed by atoms with Crippen molar-refractivity contribution in [1.29, 1.82) is 0 Å². The number of nitrogens with two attached hydrogens (primary N) is 1. The average molecular weight is 273 g/mol. The lowest BCUT2D eigenvalue weighted by atomic mass is 9.95. The highest BCUT2D eigenvalue weighted by Crippen LogP contribution is 2.27. The first kappa shape index (κ1) is 13.1. The standard InChI is InChI=1S/C15H19N3O2/c16-12-9-18(15(20)13-6-7-14(19)17-13)8-11(12)10-4-2-1-3-5-10/h1-5,11-13H,6-9,16H2,(H,17,19)/t11-,12+,13-/m0/s1. The summed E-state index contributed by atoms with van der Waals surface area (Å²) in [6.07, 6.45) is 1.04. The van der Waals surface area contributed by atoms with E-state index in [-0.39, 0.29) is 29.8 Å². The van der Waals surface area contributed by atoms with Crippen molar-refractivity contribution in [2.45, 2.75) is 30.8 Å². The molecule has 0 aromatic heterocycles. The van der Waals surface area contributed by atoms with Gasteiger partial charge in [0.15, 0.2) is 0 Å². The van der Waals surface area contributed by atoms with Crippen molar-refractivity contribution in [2.75, 3.05) is 13.1 Å². The molecule has 2 fully saturated rings. The Bertz CT molecular complexity index is 517. The topological polar surface area (TPSA) is 75.4 Å². The van der Waals surface area contributed by atoms with Crippen molar-refractivity contribution in [1.82, 2.24) is 10.2 Å². The zero-order chi connectivity index (χ0) is 14.1. The molecular weight excluding hydrogens is 254 g/mol. The average Bonchev–Trinajstić information content (AvgIpc) is 3.05. The number of amides is 2. The molecule has 5 nitrogen and oxygen atoms in total. The van der Waals surface area contributed by atoms with Gasteiger partial charge >= 0.3 is 0 Å². The van der Waals surface area contributed by atoms with Crippen LogP contribution in [0.15, 0.2) is 30.3 Å². The van der Waals surface area contributed by atoms with Crippen LogP contribution >= 0.6 is 0 Å². The summed E-state index contributed by atoms with van der Waals surface area (Å²) in [5, 5.41) is 2.73. The predicted octanol–water partition coefficient (Wildman–Crippen LogP) is 0.218. The summed E-state index contributed by atoms with van der Waals surface area (Å²) in [6, 6.07) is 9.66. The Morgan fingerprint density at radius 2 is 2.00 bits per heavy atom. The number of benzene rings is 1. The van der Waals surface area contributed by atoms with E-state index in [9.17, 15) is 9.59 Å². The van der Waals surface area contributed by atoms with Gasteiger partial charge in [0.25, 0.3) is 0 Å². The Labute approximate surface area is 118 Å². The highest BCUT2D eigenvalue weighted by atomic mass is 16.2. The molecule has 3 rings (SSSR count). The lowest BCUT2D eigenvalue weighted by molar-refractivity contribution is -0.133. The molecule has 1 aromatic carbocycles. The lowest BCUT2D eigenvalue weighted by Crippen LogP contribution is -2.44. The van der Waals surface area contributed by atoms with Crippen molar-refractivity contribution in [3.8, 4) is 0 Å². The van der Waals surface area contributed by atoms with Crippen LogP contribution in [0.3, 0.4) is 0 Å². The molecule has 0 spiro atoms. The second-order valence-corrected chi connectivity index (χ2v) is 5.58. The van der Waals surface area contributed by atoms with Gasteiger partial charge in [-0.3, -0.25) is 9.59 Å². The molecule has 0 unspecified atom stereocenters. The van der Waals surface area contributed by atoms with Gasteiger partial charge in [-0.25, -0.2) is 0 Å². The maximum atomic E-state index is 12.4. The summed E-state index contributed by atoms with van der Waals surface area (Å²) in [4.78, 5) is 25.4. The molecule has 0 saturated carbocycles. The molecule has 2 saturated heterocycles. The summed E-state index contributed by atoms with van der Waals surface area (Å²) in [5.74, 6) is 0.147. The van der Waals surface area contributed by atoms with E-state index < -0.39 is 0 Å². The van der Waals surface area contributed by atoms with E-state index in [4.69, 9.17) is 5.73 Å². The fourth-order valence-electron chi connectivity index (χ4n) is 3.08. The molecule has 0 bridgehead atoms. The van der Waals surface area contributed by atoms with Crippen molar-refractivity contribution in [3.05, 3.63) is 35.9 Å². The Balaban J connectivity index is 1.69. The summed E-state index contributed by atoms with van der Waals surface area (Å²) >= 11 is 0. The van der Waals surface area contributed by atoms with Crippen molar-refractivity contribution in [2.24, 2.45) is 5.73 Å². The van der Waals surface area contributed by atoms with Crippen molar-refractivity contribution < 1.29 is 9.59 Å². The van der Waals surface area contributed by atoms with Crippen molar-refractivity contribution in [3.63, 3.8) is 0 Å². The second kappa shape index (κ2) is 5.25. The Hall–Kier alpha value is -1.88. The van der Waals surface area contributed by atoms with E-state index in [2.05, 4.69) is 17.4 Å². The molecule has 20 heavy (non-hydrogen) atoms. The van der Waals surface area contributed by atoms with Crippen LogP contribution in [0.25, 0.3) is 0 Å². The van der Waals surface area contributed by atoms with Crippen LogP contribution in [0.1, 0.15) is 24.3 Å². The molecule has 2 heterocycles. The van der Waals surface area contributed by atoms with E-state index in [0.717, 1.165) is 0 Å². The van der Waals surface area contributed by atoms with Gasteiger partial charge in [0.1, 0.15) is 6.04 Å². The van der Waals surface area contributed by atoms with Crippen LogP contribution in [0.4, 0.5) is 0 Å². The Morgan fingerprint density at radius 1 is 1.25 bits per heavy atom. The van der Waals surface area contributed by atoms with Gasteiger partial charge in [0.2, 0.25) is 11.8 Å². The van der Waals surface area contributed by atoms with Crippen LogP contribution in [0.2, 0.25) is 0 Å². The first-order valence-corrected chi connectivity index (χ1v) is 7.04. The van der Waals surface area contributed by atoms with E-state index in [1.54, 1.807) is 4.90 Å². The first-order valence-electron chi connectivity index (χ1n) is 7.04. The number of nitrogens with one attached hydrogen (secondary N) is 1.